The molecule has 0 saturated carbocycles. The predicted molar refractivity (Wildman–Crippen MR) is 140 cm³/mol. The van der Waals surface area contributed by atoms with Crippen LogP contribution in [0.2, 0.25) is 0 Å². The normalized spacial score (nSPS) is 12.1. The molecule has 0 radical (unpaired) electrons. The van der Waals surface area contributed by atoms with E-state index in [1.807, 2.05) is 36.4 Å². The van der Waals surface area contributed by atoms with Gasteiger partial charge in [0.05, 0.1) is 0 Å². The highest BCUT2D eigenvalue weighted by Gasteiger charge is 2.05. The number of hydrogen-bond donors (Lipinski definition) is 0. The highest BCUT2D eigenvalue weighted by Crippen LogP contribution is 2.27. The van der Waals surface area contributed by atoms with Crippen LogP contribution in [0.4, 0.5) is 0 Å². The molecule has 0 bridgehead atoms. The first-order chi connectivity index (χ1) is 15.8. The molecular formula is C32H26. The van der Waals surface area contributed by atoms with Crippen molar-refractivity contribution >= 4 is 22.8 Å². The van der Waals surface area contributed by atoms with Gasteiger partial charge in [-0.3, -0.25) is 0 Å². The van der Waals surface area contributed by atoms with Gasteiger partial charge in [-0.1, -0.05) is 140 Å². The molecule has 0 fully saturated rings. The molecule has 0 heteroatoms. The molecule has 0 aliphatic heterocycles. The molecule has 0 atom stereocenters. The first-order valence-electron chi connectivity index (χ1n) is 10.8. The lowest BCUT2D eigenvalue weighted by atomic mass is 9.95. The Morgan fingerprint density at radius 1 is 0.469 bits per heavy atom. The number of allylic oxidation sites excluding steroid dienone is 6. The average Bonchev–Trinajstić information content (AvgIpc) is 2.88. The van der Waals surface area contributed by atoms with Crippen LogP contribution in [-0.4, -0.2) is 0 Å². The zero-order valence-electron chi connectivity index (χ0n) is 18.1. The topological polar surface area (TPSA) is 0 Å². The SMILES string of the molecule is C=C(\C=C(/C=C(\C=C\c1ccccc1)c1ccccc1)c1ccccc1)c1ccccc1. The Morgan fingerprint density at radius 3 is 1.44 bits per heavy atom. The summed E-state index contributed by atoms with van der Waals surface area (Å²) in [7, 11) is 0. The molecule has 4 aromatic rings. The van der Waals surface area contributed by atoms with Crippen molar-refractivity contribution < 1.29 is 0 Å². The molecular weight excluding hydrogens is 384 g/mol. The summed E-state index contributed by atoms with van der Waals surface area (Å²) in [5.41, 5.74) is 7.88. The molecule has 0 heterocycles. The van der Waals surface area contributed by atoms with Crippen molar-refractivity contribution in [3.63, 3.8) is 0 Å². The van der Waals surface area contributed by atoms with E-state index in [1.54, 1.807) is 0 Å². The van der Waals surface area contributed by atoms with Crippen LogP contribution >= 0.6 is 0 Å². The highest BCUT2D eigenvalue weighted by molar-refractivity contribution is 5.93. The third kappa shape index (κ3) is 5.71. The minimum Gasteiger partial charge on any atom is -0.0911 e. The summed E-state index contributed by atoms with van der Waals surface area (Å²) in [6.07, 6.45) is 8.77. The summed E-state index contributed by atoms with van der Waals surface area (Å²) in [6, 6.07) is 41.7. The minimum absolute atomic E-state index is 0.986. The van der Waals surface area contributed by atoms with E-state index in [4.69, 9.17) is 0 Å². The van der Waals surface area contributed by atoms with Crippen LogP contribution in [0.25, 0.3) is 22.8 Å². The second kappa shape index (κ2) is 10.7. The Bertz CT molecular complexity index is 1230. The second-order valence-electron chi connectivity index (χ2n) is 7.57. The monoisotopic (exact) mass is 410 g/mol. The maximum atomic E-state index is 4.34. The van der Waals surface area contributed by atoms with Gasteiger partial charge >= 0.3 is 0 Å². The molecule has 0 amide bonds. The van der Waals surface area contributed by atoms with Gasteiger partial charge < -0.3 is 0 Å². The van der Waals surface area contributed by atoms with E-state index in [2.05, 4.69) is 116 Å². The van der Waals surface area contributed by atoms with Gasteiger partial charge in [-0.05, 0) is 51.1 Å². The van der Waals surface area contributed by atoms with Crippen LogP contribution in [0.15, 0.2) is 146 Å². The average molecular weight is 411 g/mol. The molecule has 32 heavy (non-hydrogen) atoms. The number of benzene rings is 4. The molecule has 0 N–H and O–H groups in total. The number of rotatable bonds is 7. The van der Waals surface area contributed by atoms with E-state index < -0.39 is 0 Å². The Labute approximate surface area is 191 Å². The smallest absolute Gasteiger partial charge is 0.0172 e. The quantitative estimate of drug-likeness (QED) is 0.268. The van der Waals surface area contributed by atoms with Gasteiger partial charge in [-0.15, -0.1) is 0 Å². The molecule has 0 spiro atoms. The lowest BCUT2D eigenvalue weighted by Gasteiger charge is -2.09. The van der Waals surface area contributed by atoms with Gasteiger partial charge in [-0.2, -0.15) is 0 Å². The van der Waals surface area contributed by atoms with Crippen molar-refractivity contribution in [2.45, 2.75) is 0 Å². The van der Waals surface area contributed by atoms with E-state index in [0.717, 1.165) is 27.8 Å². The van der Waals surface area contributed by atoms with Crippen LogP contribution in [0.1, 0.15) is 22.3 Å². The summed E-state index contributed by atoms with van der Waals surface area (Å²) in [6.45, 7) is 4.34. The first kappa shape index (κ1) is 21.1. The summed E-state index contributed by atoms with van der Waals surface area (Å²) < 4.78 is 0. The molecule has 0 nitrogen and oxygen atoms in total. The fraction of sp³-hybridized carbons (Fsp3) is 0. The van der Waals surface area contributed by atoms with Crippen LogP contribution in [0, 0.1) is 0 Å². The number of hydrogen-bond acceptors (Lipinski definition) is 0. The van der Waals surface area contributed by atoms with Crippen molar-refractivity contribution in [3.8, 4) is 0 Å². The zero-order valence-corrected chi connectivity index (χ0v) is 18.1. The molecule has 154 valence electrons. The summed E-state index contributed by atoms with van der Waals surface area (Å²) >= 11 is 0. The predicted octanol–water partition coefficient (Wildman–Crippen LogP) is 8.58. The van der Waals surface area contributed by atoms with Gasteiger partial charge in [0, 0.05) is 0 Å². The third-order valence-corrected chi connectivity index (χ3v) is 5.25. The molecule has 0 saturated heterocycles. The van der Waals surface area contributed by atoms with Crippen molar-refractivity contribution in [2.24, 2.45) is 0 Å². The summed E-state index contributed by atoms with van der Waals surface area (Å²) in [4.78, 5) is 0. The van der Waals surface area contributed by atoms with Crippen LogP contribution in [0.5, 0.6) is 0 Å². The van der Waals surface area contributed by atoms with Crippen LogP contribution < -0.4 is 0 Å². The van der Waals surface area contributed by atoms with E-state index in [9.17, 15) is 0 Å². The molecule has 4 rings (SSSR count). The van der Waals surface area contributed by atoms with Gasteiger partial charge in [0.15, 0.2) is 0 Å². The van der Waals surface area contributed by atoms with Crippen molar-refractivity contribution in [2.75, 3.05) is 0 Å². The van der Waals surface area contributed by atoms with E-state index in [1.165, 1.54) is 11.1 Å². The Hall–Kier alpha value is -4.16. The molecule has 0 aliphatic carbocycles. The molecule has 0 unspecified atom stereocenters. The maximum Gasteiger partial charge on any atom is -0.0172 e. The standard InChI is InChI=1S/C32H26/c1-26(28-16-8-3-9-17-28)24-32(30-20-12-5-13-21-30)25-31(29-18-10-4-11-19-29)23-22-27-14-6-2-7-15-27/h2-25H,1H2/b23-22+,31-25+,32-24+. The highest BCUT2D eigenvalue weighted by atomic mass is 14.1. The van der Waals surface area contributed by atoms with Crippen molar-refractivity contribution in [3.05, 3.63) is 168 Å². The molecule has 4 aromatic carbocycles. The van der Waals surface area contributed by atoms with Crippen molar-refractivity contribution in [1.29, 1.82) is 0 Å². The maximum absolute atomic E-state index is 4.34. The van der Waals surface area contributed by atoms with Gasteiger partial charge in [0.2, 0.25) is 0 Å². The summed E-state index contributed by atoms with van der Waals surface area (Å²) in [5.74, 6) is 0. The second-order valence-corrected chi connectivity index (χ2v) is 7.57. The minimum atomic E-state index is 0.986. The lowest BCUT2D eigenvalue weighted by molar-refractivity contribution is 1.59. The largest absolute Gasteiger partial charge is 0.0911 e. The van der Waals surface area contributed by atoms with Crippen molar-refractivity contribution in [1.82, 2.24) is 0 Å². The Balaban J connectivity index is 1.81. The first-order valence-corrected chi connectivity index (χ1v) is 10.8. The van der Waals surface area contributed by atoms with Gasteiger partial charge in [0.25, 0.3) is 0 Å². The molecule has 0 aliphatic rings. The van der Waals surface area contributed by atoms with Crippen LogP contribution in [0.3, 0.4) is 0 Å². The fourth-order valence-corrected chi connectivity index (χ4v) is 3.54. The van der Waals surface area contributed by atoms with E-state index >= 15 is 0 Å². The lowest BCUT2D eigenvalue weighted by Crippen LogP contribution is -1.87. The Morgan fingerprint density at radius 2 is 0.906 bits per heavy atom. The Kier molecular flexibility index (Phi) is 7.08. The zero-order chi connectivity index (χ0) is 22.0. The fourth-order valence-electron chi connectivity index (χ4n) is 3.54. The summed E-state index contributed by atoms with van der Waals surface area (Å²) in [5, 5.41) is 0. The van der Waals surface area contributed by atoms with E-state index in [-0.39, 0.29) is 0 Å². The molecule has 0 aromatic heterocycles. The van der Waals surface area contributed by atoms with E-state index in [0.29, 0.717) is 0 Å². The van der Waals surface area contributed by atoms with Crippen LogP contribution in [-0.2, 0) is 0 Å². The van der Waals surface area contributed by atoms with Gasteiger partial charge in [-0.25, -0.2) is 0 Å². The van der Waals surface area contributed by atoms with Gasteiger partial charge in [0.1, 0.15) is 0 Å². The third-order valence-electron chi connectivity index (χ3n) is 5.25.